The van der Waals surface area contributed by atoms with Crippen LogP contribution in [0.15, 0.2) is 60.7 Å². The van der Waals surface area contributed by atoms with E-state index in [0.29, 0.717) is 25.2 Å². The lowest BCUT2D eigenvalue weighted by molar-refractivity contribution is -0.137. The Bertz CT molecular complexity index is 770. The minimum absolute atomic E-state index is 0.238. The second-order valence-corrected chi connectivity index (χ2v) is 6.51. The van der Waals surface area contributed by atoms with Gasteiger partial charge in [0, 0.05) is 25.7 Å². The molecule has 27 heavy (non-hydrogen) atoms. The molecule has 0 bridgehead atoms. The Morgan fingerprint density at radius 2 is 1.70 bits per heavy atom. The minimum Gasteiger partial charge on any atom is -0.334 e. The van der Waals surface area contributed by atoms with Gasteiger partial charge in [-0.15, -0.1) is 0 Å². The van der Waals surface area contributed by atoms with E-state index in [1.54, 1.807) is 11.0 Å². The molecule has 1 amide bonds. The van der Waals surface area contributed by atoms with Crippen molar-refractivity contribution in [3.8, 4) is 0 Å². The number of likely N-dealkylation sites (N-methyl/N-ethyl adjacent to an activating group) is 1. The predicted octanol–water partition coefficient (Wildman–Crippen LogP) is 4.31. The predicted molar refractivity (Wildman–Crippen MR) is 101 cm³/mol. The zero-order chi connectivity index (χ0) is 19.9. The molecule has 0 aliphatic heterocycles. The summed E-state index contributed by atoms with van der Waals surface area (Å²) in [6.07, 6.45) is -1.65. The third kappa shape index (κ3) is 6.90. The Morgan fingerprint density at radius 3 is 2.33 bits per heavy atom. The van der Waals surface area contributed by atoms with Crippen molar-refractivity contribution in [2.45, 2.75) is 12.7 Å². The summed E-state index contributed by atoms with van der Waals surface area (Å²) in [5, 5.41) is 0. The van der Waals surface area contributed by atoms with Crippen LogP contribution in [0, 0.1) is 0 Å². The molecule has 0 saturated heterocycles. The molecule has 2 rings (SSSR count). The van der Waals surface area contributed by atoms with Gasteiger partial charge in [-0.05, 0) is 43.4 Å². The molecule has 3 nitrogen and oxygen atoms in total. The molecule has 0 aliphatic rings. The van der Waals surface area contributed by atoms with Gasteiger partial charge in [-0.1, -0.05) is 42.5 Å². The third-order valence-electron chi connectivity index (χ3n) is 3.98. The first-order valence-corrected chi connectivity index (χ1v) is 8.58. The maximum atomic E-state index is 12.8. The molecular formula is C21H23F3N2O. The molecular weight excluding hydrogens is 353 g/mol. The van der Waals surface area contributed by atoms with Gasteiger partial charge in [0.2, 0.25) is 5.91 Å². The average molecular weight is 376 g/mol. The van der Waals surface area contributed by atoms with Crippen LogP contribution in [0.4, 0.5) is 13.2 Å². The van der Waals surface area contributed by atoms with Crippen LogP contribution in [-0.4, -0.2) is 42.9 Å². The third-order valence-corrected chi connectivity index (χ3v) is 3.98. The molecule has 0 radical (unpaired) electrons. The van der Waals surface area contributed by atoms with Crippen molar-refractivity contribution >= 4 is 12.0 Å². The van der Waals surface area contributed by atoms with E-state index in [4.69, 9.17) is 0 Å². The fourth-order valence-corrected chi connectivity index (χ4v) is 2.48. The van der Waals surface area contributed by atoms with Gasteiger partial charge in [0.15, 0.2) is 0 Å². The maximum absolute atomic E-state index is 12.8. The standard InChI is InChI=1S/C21H23F3N2O/c1-25(2)13-14-26(16-18-7-4-3-5-8-18)20(27)12-11-17-9-6-10-19(15-17)21(22,23)24/h3-12,15H,13-14,16H2,1-2H3/b12-11+. The van der Waals surface area contributed by atoms with Gasteiger partial charge in [0.25, 0.3) is 0 Å². The van der Waals surface area contributed by atoms with Crippen LogP contribution in [0.5, 0.6) is 0 Å². The first-order valence-electron chi connectivity index (χ1n) is 8.58. The summed E-state index contributed by atoms with van der Waals surface area (Å²) in [6, 6.07) is 14.5. The Hall–Kier alpha value is -2.60. The summed E-state index contributed by atoms with van der Waals surface area (Å²) in [5.74, 6) is -0.238. The monoisotopic (exact) mass is 376 g/mol. The largest absolute Gasteiger partial charge is 0.416 e. The minimum atomic E-state index is -4.40. The molecule has 144 valence electrons. The Kier molecular flexibility index (Phi) is 7.19. The second kappa shape index (κ2) is 9.37. The average Bonchev–Trinajstić information content (AvgIpc) is 2.63. The van der Waals surface area contributed by atoms with Gasteiger partial charge < -0.3 is 9.80 Å². The van der Waals surface area contributed by atoms with Gasteiger partial charge >= 0.3 is 6.18 Å². The van der Waals surface area contributed by atoms with Crippen molar-refractivity contribution in [3.05, 3.63) is 77.4 Å². The van der Waals surface area contributed by atoms with Crippen LogP contribution in [0.2, 0.25) is 0 Å². The number of benzene rings is 2. The quantitative estimate of drug-likeness (QED) is 0.673. The van der Waals surface area contributed by atoms with Crippen molar-refractivity contribution in [3.63, 3.8) is 0 Å². The molecule has 0 aliphatic carbocycles. The van der Waals surface area contributed by atoms with Crippen molar-refractivity contribution in [1.29, 1.82) is 0 Å². The lowest BCUT2D eigenvalue weighted by Gasteiger charge is -2.23. The molecule has 0 fully saturated rings. The molecule has 0 heterocycles. The van der Waals surface area contributed by atoms with Crippen LogP contribution in [-0.2, 0) is 17.5 Å². The molecule has 6 heteroatoms. The molecule has 0 spiro atoms. The van der Waals surface area contributed by atoms with Crippen LogP contribution < -0.4 is 0 Å². The van der Waals surface area contributed by atoms with Gasteiger partial charge in [-0.25, -0.2) is 0 Å². The number of nitrogens with zero attached hydrogens (tertiary/aromatic N) is 2. The molecule has 0 aromatic heterocycles. The first-order chi connectivity index (χ1) is 12.8. The zero-order valence-electron chi connectivity index (χ0n) is 15.4. The fourth-order valence-electron chi connectivity index (χ4n) is 2.48. The number of halogens is 3. The number of carbonyl (C=O) groups is 1. The number of alkyl halides is 3. The van der Waals surface area contributed by atoms with Crippen molar-refractivity contribution in [2.24, 2.45) is 0 Å². The summed E-state index contributed by atoms with van der Waals surface area (Å²) in [4.78, 5) is 16.3. The van der Waals surface area contributed by atoms with Gasteiger partial charge in [0.05, 0.1) is 5.56 Å². The van der Waals surface area contributed by atoms with E-state index in [0.717, 1.165) is 17.7 Å². The number of rotatable bonds is 7. The van der Waals surface area contributed by atoms with Crippen molar-refractivity contribution in [1.82, 2.24) is 9.80 Å². The van der Waals surface area contributed by atoms with E-state index < -0.39 is 11.7 Å². The SMILES string of the molecule is CN(C)CCN(Cc1ccccc1)C(=O)/C=C/c1cccc(C(F)(F)F)c1. The van der Waals surface area contributed by atoms with Crippen LogP contribution in [0.3, 0.4) is 0 Å². The normalized spacial score (nSPS) is 11.9. The smallest absolute Gasteiger partial charge is 0.334 e. The van der Waals surface area contributed by atoms with Crippen LogP contribution in [0.1, 0.15) is 16.7 Å². The molecule has 0 saturated carbocycles. The fraction of sp³-hybridized carbons (Fsp3) is 0.286. The highest BCUT2D eigenvalue weighted by atomic mass is 19.4. The number of carbonyl (C=O) groups excluding carboxylic acids is 1. The Balaban J connectivity index is 2.13. The highest BCUT2D eigenvalue weighted by molar-refractivity contribution is 5.91. The molecule has 0 N–H and O–H groups in total. The van der Waals surface area contributed by atoms with E-state index in [-0.39, 0.29) is 5.91 Å². The lowest BCUT2D eigenvalue weighted by atomic mass is 10.1. The summed E-state index contributed by atoms with van der Waals surface area (Å²) < 4.78 is 38.4. The molecule has 2 aromatic rings. The van der Waals surface area contributed by atoms with Gasteiger partial charge in [-0.2, -0.15) is 13.2 Å². The van der Waals surface area contributed by atoms with E-state index in [2.05, 4.69) is 0 Å². The number of hydrogen-bond acceptors (Lipinski definition) is 2. The first kappa shape index (κ1) is 20.7. The number of amides is 1. The van der Waals surface area contributed by atoms with E-state index in [9.17, 15) is 18.0 Å². The van der Waals surface area contributed by atoms with Crippen LogP contribution >= 0.6 is 0 Å². The topological polar surface area (TPSA) is 23.6 Å². The van der Waals surface area contributed by atoms with E-state index >= 15 is 0 Å². The van der Waals surface area contributed by atoms with Gasteiger partial charge in [0.1, 0.15) is 0 Å². The van der Waals surface area contributed by atoms with Crippen molar-refractivity contribution in [2.75, 3.05) is 27.2 Å². The van der Waals surface area contributed by atoms with E-state index in [1.807, 2.05) is 49.3 Å². The van der Waals surface area contributed by atoms with Crippen molar-refractivity contribution < 1.29 is 18.0 Å². The highest BCUT2D eigenvalue weighted by Gasteiger charge is 2.30. The van der Waals surface area contributed by atoms with Crippen LogP contribution in [0.25, 0.3) is 6.08 Å². The summed E-state index contributed by atoms with van der Waals surface area (Å²) in [7, 11) is 3.84. The molecule has 0 unspecified atom stereocenters. The number of hydrogen-bond donors (Lipinski definition) is 0. The second-order valence-electron chi connectivity index (χ2n) is 6.51. The molecule has 2 aromatic carbocycles. The summed E-state index contributed by atoms with van der Waals surface area (Å²) in [5.41, 5.74) is 0.605. The Morgan fingerprint density at radius 1 is 1.00 bits per heavy atom. The molecule has 0 atom stereocenters. The van der Waals surface area contributed by atoms with Gasteiger partial charge in [-0.3, -0.25) is 4.79 Å². The zero-order valence-corrected chi connectivity index (χ0v) is 15.4. The summed E-state index contributed by atoms with van der Waals surface area (Å²) >= 11 is 0. The highest BCUT2D eigenvalue weighted by Crippen LogP contribution is 2.29. The van der Waals surface area contributed by atoms with E-state index in [1.165, 1.54) is 18.2 Å². The maximum Gasteiger partial charge on any atom is 0.416 e. The lowest BCUT2D eigenvalue weighted by Crippen LogP contribution is -2.35. The summed E-state index contributed by atoms with van der Waals surface area (Å²) in [6.45, 7) is 1.66. The Labute approximate surface area is 157 Å².